The first-order valence-electron chi connectivity index (χ1n) is 7.05. The number of benzene rings is 2. The first-order valence-corrected chi connectivity index (χ1v) is 9.27. The minimum Gasteiger partial charge on any atom is -0.324 e. The third-order valence-corrected chi connectivity index (χ3v) is 4.65. The smallest absolute Gasteiger partial charge is 0.271 e. The van der Waals surface area contributed by atoms with Gasteiger partial charge in [-0.25, -0.2) is 12.8 Å². The summed E-state index contributed by atoms with van der Waals surface area (Å²) in [7, 11) is -3.90. The van der Waals surface area contributed by atoms with Crippen molar-refractivity contribution >= 4 is 44.6 Å². The van der Waals surface area contributed by atoms with Crippen LogP contribution in [0, 0.1) is 15.9 Å². The van der Waals surface area contributed by atoms with E-state index in [1.807, 2.05) is 0 Å². The highest BCUT2D eigenvalue weighted by Crippen LogP contribution is 2.24. The highest BCUT2D eigenvalue weighted by molar-refractivity contribution is 7.92. The third-order valence-electron chi connectivity index (χ3n) is 3.22. The summed E-state index contributed by atoms with van der Waals surface area (Å²) in [5, 5.41) is 13.0. The summed E-state index contributed by atoms with van der Waals surface area (Å²) in [6.07, 6.45) is 0.869. The van der Waals surface area contributed by atoms with Gasteiger partial charge in [-0.05, 0) is 24.3 Å². The maximum atomic E-state index is 13.1. The summed E-state index contributed by atoms with van der Waals surface area (Å²) in [6, 6.07) is 8.37. The number of rotatable bonds is 6. The molecule has 1 amide bonds. The van der Waals surface area contributed by atoms with Crippen molar-refractivity contribution in [3.05, 3.63) is 63.4 Å². The van der Waals surface area contributed by atoms with Crippen molar-refractivity contribution in [2.24, 2.45) is 0 Å². The van der Waals surface area contributed by atoms with Crippen LogP contribution in [0.2, 0.25) is 5.02 Å². The van der Waals surface area contributed by atoms with Gasteiger partial charge in [0.1, 0.15) is 12.4 Å². The number of sulfonamides is 1. The van der Waals surface area contributed by atoms with Crippen LogP contribution in [0.15, 0.2) is 42.5 Å². The fourth-order valence-corrected chi connectivity index (χ4v) is 3.10. The van der Waals surface area contributed by atoms with Gasteiger partial charge in [-0.1, -0.05) is 17.7 Å². The van der Waals surface area contributed by atoms with Crippen molar-refractivity contribution in [1.29, 1.82) is 0 Å². The Kier molecular flexibility index (Phi) is 5.78. The second-order valence-corrected chi connectivity index (χ2v) is 7.54. The van der Waals surface area contributed by atoms with Gasteiger partial charge in [0.15, 0.2) is 0 Å². The normalized spacial score (nSPS) is 11.0. The van der Waals surface area contributed by atoms with Gasteiger partial charge >= 0.3 is 0 Å². The second kappa shape index (κ2) is 7.67. The fraction of sp³-hybridized carbons (Fsp3) is 0.133. The Bertz CT molecular complexity index is 968. The molecule has 0 aromatic heterocycles. The minimum absolute atomic E-state index is 0.0333. The molecule has 0 spiro atoms. The Balaban J connectivity index is 2.25. The third kappa shape index (κ3) is 4.90. The van der Waals surface area contributed by atoms with Gasteiger partial charge in [-0.3, -0.25) is 19.2 Å². The van der Waals surface area contributed by atoms with Crippen LogP contribution < -0.4 is 9.62 Å². The van der Waals surface area contributed by atoms with Crippen LogP contribution in [-0.4, -0.2) is 32.0 Å². The number of carbonyl (C=O) groups excluding carboxylic acids is 1. The Morgan fingerprint density at radius 1 is 1.31 bits per heavy atom. The molecule has 0 radical (unpaired) electrons. The molecule has 2 aromatic carbocycles. The Morgan fingerprint density at radius 2 is 2.00 bits per heavy atom. The van der Waals surface area contributed by atoms with Gasteiger partial charge in [0.25, 0.3) is 5.69 Å². The maximum absolute atomic E-state index is 13.1. The summed E-state index contributed by atoms with van der Waals surface area (Å²) in [4.78, 5) is 22.4. The largest absolute Gasteiger partial charge is 0.324 e. The molecular formula is C15H13ClFN3O5S. The average molecular weight is 402 g/mol. The van der Waals surface area contributed by atoms with Gasteiger partial charge in [-0.15, -0.1) is 0 Å². The molecular weight excluding hydrogens is 389 g/mol. The van der Waals surface area contributed by atoms with Crippen LogP contribution in [0.25, 0.3) is 0 Å². The lowest BCUT2D eigenvalue weighted by Gasteiger charge is -2.21. The highest BCUT2D eigenvalue weighted by Gasteiger charge is 2.22. The van der Waals surface area contributed by atoms with E-state index >= 15 is 0 Å². The van der Waals surface area contributed by atoms with Gasteiger partial charge in [-0.2, -0.15) is 0 Å². The number of hydrogen-bond acceptors (Lipinski definition) is 5. The first-order chi connectivity index (χ1) is 12.1. The van der Waals surface area contributed by atoms with Crippen molar-refractivity contribution in [2.45, 2.75) is 0 Å². The topological polar surface area (TPSA) is 110 Å². The Hall–Kier alpha value is -2.72. The summed E-state index contributed by atoms with van der Waals surface area (Å²) in [5.41, 5.74) is -0.176. The number of nitrogens with zero attached hydrogens (tertiary/aromatic N) is 2. The van der Waals surface area contributed by atoms with Crippen molar-refractivity contribution in [3.63, 3.8) is 0 Å². The van der Waals surface area contributed by atoms with E-state index < -0.39 is 33.2 Å². The quantitative estimate of drug-likeness (QED) is 0.591. The lowest BCUT2D eigenvalue weighted by atomic mass is 10.2. The van der Waals surface area contributed by atoms with Crippen molar-refractivity contribution in [3.8, 4) is 0 Å². The maximum Gasteiger partial charge on any atom is 0.271 e. The number of anilines is 2. The van der Waals surface area contributed by atoms with Crippen LogP contribution in [0.1, 0.15) is 0 Å². The number of nitro groups is 1. The van der Waals surface area contributed by atoms with E-state index in [9.17, 15) is 27.7 Å². The van der Waals surface area contributed by atoms with Gasteiger partial charge < -0.3 is 5.32 Å². The number of nitrogens with one attached hydrogen (secondary N) is 1. The molecule has 0 aliphatic carbocycles. The van der Waals surface area contributed by atoms with E-state index in [0.717, 1.165) is 22.7 Å². The number of hydrogen-bond donors (Lipinski definition) is 1. The molecule has 2 aromatic rings. The zero-order chi connectivity index (χ0) is 19.5. The number of carbonyl (C=O) groups is 1. The standard InChI is InChI=1S/C15H13ClFN3O5S/c1-26(24,25)19(11-3-2-4-12(8-11)20(22)23)9-15(21)18-10-5-6-14(17)13(16)7-10/h2-8H,9H2,1H3,(H,18,21). The van der Waals surface area contributed by atoms with Crippen molar-refractivity contribution < 1.29 is 22.5 Å². The summed E-state index contributed by atoms with van der Waals surface area (Å²) >= 11 is 5.62. The Labute approximate surface area is 153 Å². The van der Waals surface area contributed by atoms with Crippen LogP contribution in [0.3, 0.4) is 0 Å². The molecule has 0 aliphatic rings. The van der Waals surface area contributed by atoms with Crippen LogP contribution in [0.4, 0.5) is 21.5 Å². The molecule has 0 aliphatic heterocycles. The number of amides is 1. The predicted molar refractivity (Wildman–Crippen MR) is 95.3 cm³/mol. The molecule has 1 N–H and O–H groups in total. The van der Waals surface area contributed by atoms with E-state index in [1.165, 1.54) is 30.3 Å². The van der Waals surface area contributed by atoms with Crippen LogP contribution in [-0.2, 0) is 14.8 Å². The lowest BCUT2D eigenvalue weighted by Crippen LogP contribution is -2.37. The highest BCUT2D eigenvalue weighted by atomic mass is 35.5. The molecule has 11 heteroatoms. The summed E-state index contributed by atoms with van der Waals surface area (Å²) in [6.45, 7) is -0.630. The number of halogens is 2. The van der Waals surface area contributed by atoms with Gasteiger partial charge in [0, 0.05) is 17.8 Å². The molecule has 0 heterocycles. The van der Waals surface area contributed by atoms with Gasteiger partial charge in [0.05, 0.1) is 21.9 Å². The zero-order valence-electron chi connectivity index (χ0n) is 13.3. The molecule has 26 heavy (non-hydrogen) atoms. The average Bonchev–Trinajstić information content (AvgIpc) is 2.55. The molecule has 0 fully saturated rings. The van der Waals surface area contributed by atoms with Crippen LogP contribution >= 0.6 is 11.6 Å². The summed E-state index contributed by atoms with van der Waals surface area (Å²) < 4.78 is 37.9. The monoisotopic (exact) mass is 401 g/mol. The minimum atomic E-state index is -3.90. The number of nitro benzene ring substituents is 1. The second-order valence-electron chi connectivity index (χ2n) is 5.22. The molecule has 0 saturated carbocycles. The van der Waals surface area contributed by atoms with E-state index in [-0.39, 0.29) is 22.1 Å². The zero-order valence-corrected chi connectivity index (χ0v) is 14.9. The van der Waals surface area contributed by atoms with Crippen molar-refractivity contribution in [2.75, 3.05) is 22.4 Å². The molecule has 0 unspecified atom stereocenters. The molecule has 0 bridgehead atoms. The fourth-order valence-electron chi connectivity index (χ4n) is 2.07. The SMILES string of the molecule is CS(=O)(=O)N(CC(=O)Nc1ccc(F)c(Cl)c1)c1cccc([N+](=O)[O-])c1. The Morgan fingerprint density at radius 3 is 2.58 bits per heavy atom. The predicted octanol–water partition coefficient (Wildman–Crippen LogP) is 2.79. The van der Waals surface area contributed by atoms with E-state index in [0.29, 0.717) is 0 Å². The lowest BCUT2D eigenvalue weighted by molar-refractivity contribution is -0.384. The molecule has 2 rings (SSSR count). The first kappa shape index (κ1) is 19.6. The van der Waals surface area contributed by atoms with E-state index in [1.54, 1.807) is 0 Å². The molecule has 138 valence electrons. The summed E-state index contributed by atoms with van der Waals surface area (Å²) in [5.74, 6) is -1.40. The van der Waals surface area contributed by atoms with E-state index in [2.05, 4.69) is 5.32 Å². The van der Waals surface area contributed by atoms with Crippen molar-refractivity contribution in [1.82, 2.24) is 0 Å². The molecule has 0 saturated heterocycles. The molecule has 0 atom stereocenters. The van der Waals surface area contributed by atoms with Gasteiger partial charge in [0.2, 0.25) is 15.9 Å². The van der Waals surface area contributed by atoms with E-state index in [4.69, 9.17) is 11.6 Å². The molecule has 8 nitrogen and oxygen atoms in total. The number of non-ortho nitro benzene ring substituents is 1. The van der Waals surface area contributed by atoms with Crippen LogP contribution in [0.5, 0.6) is 0 Å².